The Labute approximate surface area is 216 Å². The summed E-state index contributed by atoms with van der Waals surface area (Å²) in [5.74, 6) is 1.57. The second-order valence-corrected chi connectivity index (χ2v) is 9.32. The minimum Gasteiger partial charge on any atom is -0.497 e. The van der Waals surface area contributed by atoms with E-state index in [-0.39, 0.29) is 23.4 Å². The molecule has 5 rings (SSSR count). The lowest BCUT2D eigenvalue weighted by molar-refractivity contribution is -0.137. The molecule has 0 spiro atoms. The first-order valence-corrected chi connectivity index (χ1v) is 12.0. The number of carbonyl (C=O) groups excluding carboxylic acids is 1. The average molecular weight is 530 g/mol. The van der Waals surface area contributed by atoms with Crippen LogP contribution in [-0.2, 0) is 6.18 Å². The fourth-order valence-corrected chi connectivity index (χ4v) is 4.64. The topological polar surface area (TPSA) is 54.4 Å². The summed E-state index contributed by atoms with van der Waals surface area (Å²) < 4.78 is 51.7. The number of aliphatic imine (C=N–C) groups is 1. The molecule has 1 amide bonds. The molecule has 6 nitrogen and oxygen atoms in total. The molecule has 3 aromatic rings. The summed E-state index contributed by atoms with van der Waals surface area (Å²) in [4.78, 5) is 21.5. The maximum atomic E-state index is 13.4. The van der Waals surface area contributed by atoms with E-state index in [0.29, 0.717) is 53.1 Å². The standard InChI is InChI=1S/C27H23ClF3N3O3/c1-16-15-33(11-12-34(16)26(35)17-3-6-19(28)7-4-17)25-21-14-20(36-2)8-10-23(21)37-24-9-5-18(27(29,30)31)13-22(24)32-25/h3-10,13-14,16H,11-12,15H2,1-2H3/t16-/m0/s1. The normalized spacial score (nSPS) is 17.2. The molecule has 0 aliphatic carbocycles. The van der Waals surface area contributed by atoms with Gasteiger partial charge < -0.3 is 19.3 Å². The van der Waals surface area contributed by atoms with Crippen molar-refractivity contribution in [3.8, 4) is 17.2 Å². The fraction of sp³-hybridized carbons (Fsp3) is 0.259. The fourth-order valence-electron chi connectivity index (χ4n) is 4.51. The highest BCUT2D eigenvalue weighted by atomic mass is 35.5. The van der Waals surface area contributed by atoms with E-state index >= 15 is 0 Å². The van der Waals surface area contributed by atoms with Crippen LogP contribution < -0.4 is 9.47 Å². The van der Waals surface area contributed by atoms with E-state index in [9.17, 15) is 18.0 Å². The first-order chi connectivity index (χ1) is 17.6. The number of hydrogen-bond donors (Lipinski definition) is 0. The molecular weight excluding hydrogens is 507 g/mol. The van der Waals surface area contributed by atoms with Crippen molar-refractivity contribution in [2.75, 3.05) is 26.7 Å². The van der Waals surface area contributed by atoms with Crippen LogP contribution in [0.1, 0.15) is 28.4 Å². The second-order valence-electron chi connectivity index (χ2n) is 8.88. The second kappa shape index (κ2) is 9.63. The number of nitrogens with zero attached hydrogens (tertiary/aromatic N) is 3. The molecule has 1 fully saturated rings. The molecule has 0 radical (unpaired) electrons. The number of methoxy groups -OCH3 is 1. The zero-order valence-electron chi connectivity index (χ0n) is 20.1. The molecule has 2 aliphatic heterocycles. The molecule has 2 aliphatic rings. The van der Waals surface area contributed by atoms with Crippen LogP contribution >= 0.6 is 11.6 Å². The van der Waals surface area contributed by atoms with Gasteiger partial charge in [-0.15, -0.1) is 0 Å². The van der Waals surface area contributed by atoms with Crippen molar-refractivity contribution in [3.05, 3.63) is 82.4 Å². The Morgan fingerprint density at radius 3 is 2.46 bits per heavy atom. The van der Waals surface area contributed by atoms with E-state index in [4.69, 9.17) is 21.1 Å². The van der Waals surface area contributed by atoms with Crippen molar-refractivity contribution >= 4 is 29.0 Å². The van der Waals surface area contributed by atoms with Crippen molar-refractivity contribution in [1.29, 1.82) is 0 Å². The highest BCUT2D eigenvalue weighted by Crippen LogP contribution is 2.42. The molecule has 0 aromatic heterocycles. The summed E-state index contributed by atoms with van der Waals surface area (Å²) in [6.07, 6.45) is -4.52. The Kier molecular flexibility index (Phi) is 6.49. The van der Waals surface area contributed by atoms with Crippen molar-refractivity contribution in [1.82, 2.24) is 9.80 Å². The Hall–Kier alpha value is -3.72. The number of halogens is 4. The first-order valence-electron chi connectivity index (χ1n) is 11.6. The minimum atomic E-state index is -4.52. The first kappa shape index (κ1) is 25.0. The molecule has 0 N–H and O–H groups in total. The van der Waals surface area contributed by atoms with Crippen LogP contribution in [0.3, 0.4) is 0 Å². The van der Waals surface area contributed by atoms with Gasteiger partial charge in [0.2, 0.25) is 0 Å². The summed E-state index contributed by atoms with van der Waals surface area (Å²) in [6, 6.07) is 15.0. The number of amidine groups is 1. The van der Waals surface area contributed by atoms with E-state index in [1.54, 1.807) is 47.4 Å². The largest absolute Gasteiger partial charge is 0.497 e. The number of amides is 1. The number of benzene rings is 3. The van der Waals surface area contributed by atoms with Crippen LogP contribution in [0.2, 0.25) is 5.02 Å². The summed E-state index contributed by atoms with van der Waals surface area (Å²) in [5.41, 5.74) is 0.392. The van der Waals surface area contributed by atoms with Crippen LogP contribution in [0.15, 0.2) is 65.7 Å². The zero-order valence-corrected chi connectivity index (χ0v) is 20.8. The summed E-state index contributed by atoms with van der Waals surface area (Å²) >= 11 is 5.96. The highest BCUT2D eigenvalue weighted by Gasteiger charge is 2.34. The Morgan fingerprint density at radius 1 is 1.05 bits per heavy atom. The van der Waals surface area contributed by atoms with Gasteiger partial charge in [0.1, 0.15) is 23.0 Å². The number of ether oxygens (including phenoxy) is 2. The lowest BCUT2D eigenvalue weighted by Gasteiger charge is -2.41. The van der Waals surface area contributed by atoms with Gasteiger partial charge in [-0.1, -0.05) is 11.6 Å². The van der Waals surface area contributed by atoms with E-state index in [1.807, 2.05) is 11.8 Å². The van der Waals surface area contributed by atoms with Crippen LogP contribution in [0.5, 0.6) is 17.2 Å². The van der Waals surface area contributed by atoms with E-state index < -0.39 is 11.7 Å². The minimum absolute atomic E-state index is 0.0762. The van der Waals surface area contributed by atoms with Crippen LogP contribution in [0, 0.1) is 0 Å². The molecule has 3 aromatic carbocycles. The number of piperazine rings is 1. The molecule has 37 heavy (non-hydrogen) atoms. The molecular formula is C27H23ClF3N3O3. The Balaban J connectivity index is 1.50. The van der Waals surface area contributed by atoms with E-state index in [2.05, 4.69) is 4.99 Å². The number of fused-ring (bicyclic) bond motifs is 2. The SMILES string of the molecule is COc1ccc2c(c1)C(N1CCN(C(=O)c3ccc(Cl)cc3)[C@@H](C)C1)=Nc1cc(C(F)(F)F)ccc1O2. The monoisotopic (exact) mass is 529 g/mol. The number of carbonyl (C=O) groups is 1. The third-order valence-electron chi connectivity index (χ3n) is 6.44. The van der Waals surface area contributed by atoms with Crippen molar-refractivity contribution in [2.45, 2.75) is 19.1 Å². The van der Waals surface area contributed by atoms with Gasteiger partial charge in [-0.05, 0) is 67.6 Å². The highest BCUT2D eigenvalue weighted by molar-refractivity contribution is 6.30. The summed E-state index contributed by atoms with van der Waals surface area (Å²) in [5, 5.41) is 0.547. The molecule has 1 atom stereocenters. The Bertz CT molecular complexity index is 1380. The summed E-state index contributed by atoms with van der Waals surface area (Å²) in [6.45, 7) is 3.17. The number of hydrogen-bond acceptors (Lipinski definition) is 5. The maximum absolute atomic E-state index is 13.4. The van der Waals surface area contributed by atoms with Crippen LogP contribution in [-0.4, -0.2) is 54.3 Å². The molecule has 0 unspecified atom stereocenters. The number of alkyl halides is 3. The lowest BCUT2D eigenvalue weighted by Crippen LogP contribution is -2.55. The maximum Gasteiger partial charge on any atom is 0.416 e. The Morgan fingerprint density at radius 2 is 1.78 bits per heavy atom. The molecule has 10 heteroatoms. The summed E-state index contributed by atoms with van der Waals surface area (Å²) in [7, 11) is 1.53. The quantitative estimate of drug-likeness (QED) is 0.385. The van der Waals surface area contributed by atoms with E-state index in [1.165, 1.54) is 13.2 Å². The van der Waals surface area contributed by atoms with Gasteiger partial charge in [0.25, 0.3) is 5.91 Å². The van der Waals surface area contributed by atoms with Gasteiger partial charge >= 0.3 is 6.18 Å². The van der Waals surface area contributed by atoms with Crippen molar-refractivity contribution < 1.29 is 27.4 Å². The third-order valence-corrected chi connectivity index (χ3v) is 6.69. The van der Waals surface area contributed by atoms with Gasteiger partial charge in [0.05, 0.1) is 18.2 Å². The molecule has 0 bridgehead atoms. The zero-order chi connectivity index (χ0) is 26.3. The van der Waals surface area contributed by atoms with Crippen molar-refractivity contribution in [2.24, 2.45) is 4.99 Å². The third kappa shape index (κ3) is 4.96. The van der Waals surface area contributed by atoms with Gasteiger partial charge in [0, 0.05) is 36.3 Å². The predicted octanol–water partition coefficient (Wildman–Crippen LogP) is 6.40. The molecule has 0 saturated carbocycles. The molecule has 192 valence electrons. The van der Waals surface area contributed by atoms with Crippen LogP contribution in [0.25, 0.3) is 0 Å². The van der Waals surface area contributed by atoms with Gasteiger partial charge in [-0.2, -0.15) is 13.2 Å². The van der Waals surface area contributed by atoms with E-state index in [0.717, 1.165) is 12.1 Å². The smallest absolute Gasteiger partial charge is 0.416 e. The van der Waals surface area contributed by atoms with Crippen LogP contribution in [0.4, 0.5) is 18.9 Å². The average Bonchev–Trinajstić information content (AvgIpc) is 3.04. The van der Waals surface area contributed by atoms with Gasteiger partial charge in [-0.3, -0.25) is 4.79 Å². The van der Waals surface area contributed by atoms with Gasteiger partial charge in [0.15, 0.2) is 5.75 Å². The van der Waals surface area contributed by atoms with Gasteiger partial charge in [-0.25, -0.2) is 4.99 Å². The lowest BCUT2D eigenvalue weighted by atomic mass is 10.1. The van der Waals surface area contributed by atoms with Crippen molar-refractivity contribution in [3.63, 3.8) is 0 Å². The number of rotatable bonds is 2. The molecule has 2 heterocycles. The predicted molar refractivity (Wildman–Crippen MR) is 134 cm³/mol. The molecule has 1 saturated heterocycles.